The summed E-state index contributed by atoms with van der Waals surface area (Å²) < 4.78 is 19.8. The molecule has 1 saturated carbocycles. The molecule has 1 fully saturated rings. The van der Waals surface area contributed by atoms with Crippen molar-refractivity contribution in [2.45, 2.75) is 38.1 Å². The predicted octanol–water partition coefficient (Wildman–Crippen LogP) is 4.75. The fourth-order valence-electron chi connectivity index (χ4n) is 3.66. The lowest BCUT2D eigenvalue weighted by Gasteiger charge is -2.32. The van der Waals surface area contributed by atoms with Gasteiger partial charge >= 0.3 is 0 Å². The van der Waals surface area contributed by atoms with E-state index in [1.165, 1.54) is 50.4 Å². The van der Waals surface area contributed by atoms with Crippen molar-refractivity contribution >= 4 is 12.0 Å². The molecule has 0 bridgehead atoms. The third kappa shape index (κ3) is 6.39. The van der Waals surface area contributed by atoms with Gasteiger partial charge in [0.25, 0.3) is 0 Å². The third-order valence-electron chi connectivity index (χ3n) is 5.60. The van der Waals surface area contributed by atoms with Crippen LogP contribution in [-0.2, 0) is 4.79 Å². The Kier molecular flexibility index (Phi) is 7.97. The van der Waals surface area contributed by atoms with Crippen molar-refractivity contribution in [2.24, 2.45) is 0 Å². The van der Waals surface area contributed by atoms with Gasteiger partial charge in [-0.1, -0.05) is 25.3 Å². The van der Waals surface area contributed by atoms with Crippen molar-refractivity contribution < 1.29 is 13.9 Å². The van der Waals surface area contributed by atoms with Crippen LogP contribution in [0.25, 0.3) is 6.08 Å². The lowest BCUT2D eigenvalue weighted by atomic mass is 9.94. The van der Waals surface area contributed by atoms with E-state index in [-0.39, 0.29) is 11.7 Å². The molecule has 1 aromatic heterocycles. The summed E-state index contributed by atoms with van der Waals surface area (Å²) in [6.07, 6.45) is 12.7. The van der Waals surface area contributed by atoms with Crippen molar-refractivity contribution in [3.8, 4) is 11.5 Å². The zero-order valence-electron chi connectivity index (χ0n) is 17.8. The number of amides is 1. The molecule has 1 aliphatic rings. The van der Waals surface area contributed by atoms with E-state index in [9.17, 15) is 9.18 Å². The number of likely N-dealkylation sites (N-methyl/N-ethyl adjacent to an activating group) is 2. The summed E-state index contributed by atoms with van der Waals surface area (Å²) in [6, 6.07) is 8.69. The second-order valence-electron chi connectivity index (χ2n) is 7.85. The van der Waals surface area contributed by atoms with Gasteiger partial charge in [-0.05, 0) is 55.8 Å². The molecule has 2 aromatic rings. The average molecular weight is 412 g/mol. The van der Waals surface area contributed by atoms with Crippen LogP contribution in [0, 0.1) is 5.82 Å². The molecule has 0 unspecified atom stereocenters. The van der Waals surface area contributed by atoms with Crippen molar-refractivity contribution in [1.82, 2.24) is 14.8 Å². The lowest BCUT2D eigenvalue weighted by molar-refractivity contribution is -0.124. The molecule has 0 radical (unpaired) electrons. The number of pyridine rings is 1. The highest BCUT2D eigenvalue weighted by molar-refractivity contribution is 5.91. The summed E-state index contributed by atoms with van der Waals surface area (Å²) in [7, 11) is 3.94. The summed E-state index contributed by atoms with van der Waals surface area (Å²) >= 11 is 0. The van der Waals surface area contributed by atoms with Gasteiger partial charge < -0.3 is 14.5 Å². The molecule has 6 heteroatoms. The Hall–Kier alpha value is -2.73. The van der Waals surface area contributed by atoms with Crippen molar-refractivity contribution in [3.63, 3.8) is 0 Å². The fourth-order valence-corrected chi connectivity index (χ4v) is 3.66. The number of rotatable bonds is 8. The summed E-state index contributed by atoms with van der Waals surface area (Å²) in [4.78, 5) is 20.4. The van der Waals surface area contributed by atoms with E-state index in [1.807, 2.05) is 0 Å². The van der Waals surface area contributed by atoms with E-state index in [0.717, 1.165) is 6.54 Å². The first-order valence-corrected chi connectivity index (χ1v) is 10.5. The van der Waals surface area contributed by atoms with Crippen LogP contribution in [0.4, 0.5) is 4.39 Å². The van der Waals surface area contributed by atoms with Gasteiger partial charge in [0.15, 0.2) is 11.6 Å². The predicted molar refractivity (Wildman–Crippen MR) is 117 cm³/mol. The monoisotopic (exact) mass is 411 g/mol. The maximum absolute atomic E-state index is 14.3. The molecule has 0 saturated heterocycles. The smallest absolute Gasteiger partial charge is 0.246 e. The molecule has 1 aliphatic carbocycles. The molecule has 1 amide bonds. The normalized spacial score (nSPS) is 14.9. The Labute approximate surface area is 178 Å². The van der Waals surface area contributed by atoms with Crippen molar-refractivity contribution in [3.05, 3.63) is 60.2 Å². The average Bonchev–Trinajstić information content (AvgIpc) is 2.78. The van der Waals surface area contributed by atoms with Gasteiger partial charge in [0, 0.05) is 38.5 Å². The standard InChI is InChI=1S/C24H30FN3O2/c1-27(20-7-4-3-5-8-20)15-16-28(2)24(29)13-11-19-10-12-23(22(25)17-19)30-21-9-6-14-26-18-21/h6,9-14,17-18,20H,3-5,7-8,15-16H2,1-2H3/b13-11+. The second kappa shape index (κ2) is 10.9. The fraction of sp³-hybridized carbons (Fsp3) is 0.417. The number of hydrogen-bond donors (Lipinski definition) is 0. The maximum Gasteiger partial charge on any atom is 0.246 e. The minimum atomic E-state index is -0.490. The van der Waals surface area contributed by atoms with Crippen LogP contribution in [-0.4, -0.2) is 53.9 Å². The van der Waals surface area contributed by atoms with E-state index in [4.69, 9.17) is 4.74 Å². The number of halogens is 1. The van der Waals surface area contributed by atoms with Gasteiger partial charge in [0.1, 0.15) is 5.75 Å². The van der Waals surface area contributed by atoms with Crippen LogP contribution >= 0.6 is 0 Å². The number of carbonyl (C=O) groups is 1. The van der Waals surface area contributed by atoms with Crippen molar-refractivity contribution in [1.29, 1.82) is 0 Å². The Bertz CT molecular complexity index is 851. The topological polar surface area (TPSA) is 45.7 Å². The number of ether oxygens (including phenoxy) is 1. The molecule has 1 heterocycles. The zero-order valence-corrected chi connectivity index (χ0v) is 17.8. The van der Waals surface area contributed by atoms with Crippen LogP contribution in [0.15, 0.2) is 48.8 Å². The highest BCUT2D eigenvalue weighted by Crippen LogP contribution is 2.25. The summed E-state index contributed by atoms with van der Waals surface area (Å²) in [5.74, 6) is 0.00286. The Morgan fingerprint density at radius 3 is 2.70 bits per heavy atom. The van der Waals surface area contributed by atoms with E-state index in [2.05, 4.69) is 16.9 Å². The summed E-state index contributed by atoms with van der Waals surface area (Å²) in [6.45, 7) is 1.53. The first-order chi connectivity index (χ1) is 14.5. The quantitative estimate of drug-likeness (QED) is 0.588. The highest BCUT2D eigenvalue weighted by Gasteiger charge is 2.18. The molecular formula is C24H30FN3O2. The van der Waals surface area contributed by atoms with E-state index in [1.54, 1.807) is 48.5 Å². The van der Waals surface area contributed by atoms with Gasteiger partial charge in [0.05, 0.1) is 6.20 Å². The lowest BCUT2D eigenvalue weighted by Crippen LogP contribution is -2.39. The minimum Gasteiger partial charge on any atom is -0.453 e. The van der Waals surface area contributed by atoms with Crippen LogP contribution < -0.4 is 4.74 Å². The molecular weight excluding hydrogens is 381 g/mol. The number of nitrogens with zero attached hydrogens (tertiary/aromatic N) is 3. The number of hydrogen-bond acceptors (Lipinski definition) is 4. The van der Waals surface area contributed by atoms with E-state index >= 15 is 0 Å². The molecule has 0 N–H and O–H groups in total. The largest absolute Gasteiger partial charge is 0.453 e. The summed E-state index contributed by atoms with van der Waals surface area (Å²) in [5.41, 5.74) is 0.604. The molecule has 0 spiro atoms. The second-order valence-corrected chi connectivity index (χ2v) is 7.85. The minimum absolute atomic E-state index is 0.0943. The van der Waals surface area contributed by atoms with Gasteiger partial charge in [0.2, 0.25) is 5.91 Å². The Balaban J connectivity index is 1.50. The van der Waals surface area contributed by atoms with Gasteiger partial charge in [-0.25, -0.2) is 4.39 Å². The molecule has 5 nitrogen and oxygen atoms in total. The van der Waals surface area contributed by atoms with Crippen molar-refractivity contribution in [2.75, 3.05) is 27.2 Å². The van der Waals surface area contributed by atoms with E-state index < -0.39 is 5.82 Å². The molecule has 30 heavy (non-hydrogen) atoms. The number of aromatic nitrogens is 1. The first-order valence-electron chi connectivity index (χ1n) is 10.5. The van der Waals surface area contributed by atoms with Gasteiger partial charge in [-0.3, -0.25) is 9.78 Å². The van der Waals surface area contributed by atoms with Crippen LogP contribution in [0.5, 0.6) is 11.5 Å². The number of benzene rings is 1. The summed E-state index contributed by atoms with van der Waals surface area (Å²) in [5, 5.41) is 0. The van der Waals surface area contributed by atoms with Crippen LogP contribution in [0.2, 0.25) is 0 Å². The molecule has 1 aromatic carbocycles. The van der Waals surface area contributed by atoms with Crippen LogP contribution in [0.1, 0.15) is 37.7 Å². The molecule has 0 atom stereocenters. The van der Waals surface area contributed by atoms with Gasteiger partial charge in [-0.15, -0.1) is 0 Å². The molecule has 3 rings (SSSR count). The first kappa shape index (κ1) is 22.0. The van der Waals surface area contributed by atoms with E-state index in [0.29, 0.717) is 23.9 Å². The van der Waals surface area contributed by atoms with Crippen LogP contribution in [0.3, 0.4) is 0 Å². The highest BCUT2D eigenvalue weighted by atomic mass is 19.1. The SMILES string of the molecule is CN(CCN(C)C1CCCCC1)C(=O)/C=C/c1ccc(Oc2cccnc2)c(F)c1. The van der Waals surface area contributed by atoms with Gasteiger partial charge in [-0.2, -0.15) is 0 Å². The number of carbonyl (C=O) groups excluding carboxylic acids is 1. The molecule has 160 valence electrons. The maximum atomic E-state index is 14.3. The third-order valence-corrected chi connectivity index (χ3v) is 5.60. The molecule has 0 aliphatic heterocycles. The zero-order chi connectivity index (χ0) is 21.3. The Morgan fingerprint density at radius 2 is 2.00 bits per heavy atom. The Morgan fingerprint density at radius 1 is 1.20 bits per heavy atom.